The Morgan fingerprint density at radius 1 is 1.26 bits per heavy atom. The first-order chi connectivity index (χ1) is 8.58. The second kappa shape index (κ2) is 6.79. The van der Waals surface area contributed by atoms with Gasteiger partial charge in [0.1, 0.15) is 0 Å². The summed E-state index contributed by atoms with van der Waals surface area (Å²) in [6, 6.07) is 11.0. The highest BCUT2D eigenvalue weighted by atomic mass is 15.1. The highest BCUT2D eigenvalue weighted by Gasteiger charge is 2.32. The summed E-state index contributed by atoms with van der Waals surface area (Å²) in [5, 5.41) is 0. The van der Waals surface area contributed by atoms with Gasteiger partial charge in [-0.1, -0.05) is 51.3 Å². The fourth-order valence-electron chi connectivity index (χ4n) is 3.09. The van der Waals surface area contributed by atoms with E-state index in [1.54, 1.807) is 0 Å². The maximum absolute atomic E-state index is 4.03. The van der Waals surface area contributed by atoms with Crippen molar-refractivity contribution < 1.29 is 0 Å². The Balaban J connectivity index is 0.00000180. The standard InChI is InChI=1S/C17H25N.CH4/c1-13(2)18(4)12-17-11-16(10-14(17)3)15-8-6-5-7-9-15;/h5-9,14,16-17H,1,10-12H2,2-4H3;1H4. The summed E-state index contributed by atoms with van der Waals surface area (Å²) < 4.78 is 0. The average Bonchev–Trinajstić information content (AvgIpc) is 2.72. The molecule has 3 atom stereocenters. The lowest BCUT2D eigenvalue weighted by atomic mass is 9.96. The summed E-state index contributed by atoms with van der Waals surface area (Å²) in [6.45, 7) is 9.67. The summed E-state index contributed by atoms with van der Waals surface area (Å²) in [5.41, 5.74) is 2.69. The zero-order valence-electron chi connectivity index (χ0n) is 11.9. The van der Waals surface area contributed by atoms with Gasteiger partial charge in [0.15, 0.2) is 0 Å². The molecular formula is C18H29N. The highest BCUT2D eigenvalue weighted by molar-refractivity contribution is 5.21. The van der Waals surface area contributed by atoms with Crippen LogP contribution in [0.4, 0.5) is 0 Å². The Bertz CT molecular complexity index is 395. The number of benzene rings is 1. The molecule has 1 nitrogen and oxygen atoms in total. The second-order valence-corrected chi connectivity index (χ2v) is 5.93. The normalized spacial score (nSPS) is 25.7. The molecule has 1 aromatic carbocycles. The van der Waals surface area contributed by atoms with Gasteiger partial charge in [-0.2, -0.15) is 0 Å². The Hall–Kier alpha value is -1.24. The predicted octanol–water partition coefficient (Wildman–Crippen LogP) is 4.92. The van der Waals surface area contributed by atoms with E-state index in [-0.39, 0.29) is 7.43 Å². The van der Waals surface area contributed by atoms with Crippen molar-refractivity contribution in [2.45, 2.75) is 40.0 Å². The lowest BCUT2D eigenvalue weighted by Crippen LogP contribution is -2.25. The van der Waals surface area contributed by atoms with Crippen LogP contribution in [0.1, 0.15) is 45.6 Å². The van der Waals surface area contributed by atoms with Gasteiger partial charge in [-0.05, 0) is 43.1 Å². The van der Waals surface area contributed by atoms with Crippen LogP contribution in [0.5, 0.6) is 0 Å². The van der Waals surface area contributed by atoms with E-state index in [0.717, 1.165) is 24.3 Å². The molecule has 2 rings (SSSR count). The van der Waals surface area contributed by atoms with E-state index in [1.807, 2.05) is 0 Å². The number of rotatable bonds is 4. The van der Waals surface area contributed by atoms with E-state index in [0.29, 0.717) is 0 Å². The summed E-state index contributed by atoms with van der Waals surface area (Å²) in [4.78, 5) is 2.30. The van der Waals surface area contributed by atoms with E-state index >= 15 is 0 Å². The van der Waals surface area contributed by atoms with E-state index in [9.17, 15) is 0 Å². The monoisotopic (exact) mass is 259 g/mol. The summed E-state index contributed by atoms with van der Waals surface area (Å²) in [7, 11) is 2.16. The Kier molecular flexibility index (Phi) is 5.65. The van der Waals surface area contributed by atoms with Crippen LogP contribution in [0, 0.1) is 11.8 Å². The molecule has 0 aliphatic heterocycles. The van der Waals surface area contributed by atoms with Crippen molar-refractivity contribution in [3.8, 4) is 0 Å². The fraction of sp³-hybridized carbons (Fsp3) is 0.556. The lowest BCUT2D eigenvalue weighted by Gasteiger charge is -2.25. The van der Waals surface area contributed by atoms with Crippen molar-refractivity contribution in [2.75, 3.05) is 13.6 Å². The molecule has 106 valence electrons. The third kappa shape index (κ3) is 3.86. The molecule has 1 aromatic rings. The van der Waals surface area contributed by atoms with Crippen LogP contribution < -0.4 is 0 Å². The molecule has 1 aliphatic carbocycles. The summed E-state index contributed by atoms with van der Waals surface area (Å²) in [6.07, 6.45) is 2.65. The molecule has 0 heterocycles. The zero-order valence-corrected chi connectivity index (χ0v) is 11.9. The molecule has 0 radical (unpaired) electrons. The predicted molar refractivity (Wildman–Crippen MR) is 85.2 cm³/mol. The highest BCUT2D eigenvalue weighted by Crippen LogP contribution is 2.42. The van der Waals surface area contributed by atoms with Gasteiger partial charge < -0.3 is 4.90 Å². The zero-order chi connectivity index (χ0) is 13.1. The SMILES string of the molecule is C.C=C(C)N(C)CC1CC(c2ccccc2)CC1C. The van der Waals surface area contributed by atoms with Gasteiger partial charge in [-0.25, -0.2) is 0 Å². The van der Waals surface area contributed by atoms with Crippen molar-refractivity contribution in [2.24, 2.45) is 11.8 Å². The lowest BCUT2D eigenvalue weighted by molar-refractivity contribution is 0.292. The molecule has 1 heteroatoms. The quantitative estimate of drug-likeness (QED) is 0.742. The van der Waals surface area contributed by atoms with E-state index in [2.05, 4.69) is 62.7 Å². The topological polar surface area (TPSA) is 3.24 Å². The molecule has 3 unspecified atom stereocenters. The van der Waals surface area contributed by atoms with Gasteiger partial charge >= 0.3 is 0 Å². The van der Waals surface area contributed by atoms with Gasteiger partial charge in [0.25, 0.3) is 0 Å². The van der Waals surface area contributed by atoms with Crippen LogP contribution in [-0.4, -0.2) is 18.5 Å². The van der Waals surface area contributed by atoms with E-state index in [1.165, 1.54) is 24.1 Å². The molecule has 0 bridgehead atoms. The summed E-state index contributed by atoms with van der Waals surface area (Å²) in [5.74, 6) is 2.37. The van der Waals surface area contributed by atoms with Crippen LogP contribution in [0.2, 0.25) is 0 Å². The van der Waals surface area contributed by atoms with Crippen LogP contribution >= 0.6 is 0 Å². The van der Waals surface area contributed by atoms with Crippen LogP contribution in [0.15, 0.2) is 42.6 Å². The van der Waals surface area contributed by atoms with Crippen molar-refractivity contribution in [1.82, 2.24) is 4.90 Å². The number of hydrogen-bond donors (Lipinski definition) is 0. The van der Waals surface area contributed by atoms with Gasteiger partial charge in [-0.15, -0.1) is 0 Å². The van der Waals surface area contributed by atoms with E-state index in [4.69, 9.17) is 0 Å². The van der Waals surface area contributed by atoms with E-state index < -0.39 is 0 Å². The fourth-order valence-corrected chi connectivity index (χ4v) is 3.09. The molecule has 0 aromatic heterocycles. The molecule has 0 saturated heterocycles. The number of nitrogens with zero attached hydrogens (tertiary/aromatic N) is 1. The van der Waals surface area contributed by atoms with Gasteiger partial charge in [0, 0.05) is 19.3 Å². The molecule has 19 heavy (non-hydrogen) atoms. The smallest absolute Gasteiger partial charge is 0.0202 e. The molecule has 0 N–H and O–H groups in total. The third-order valence-corrected chi connectivity index (χ3v) is 4.48. The Morgan fingerprint density at radius 3 is 2.47 bits per heavy atom. The minimum absolute atomic E-state index is 0. The van der Waals surface area contributed by atoms with Crippen molar-refractivity contribution >= 4 is 0 Å². The third-order valence-electron chi connectivity index (χ3n) is 4.48. The first kappa shape index (κ1) is 15.8. The van der Waals surface area contributed by atoms with Crippen molar-refractivity contribution in [3.63, 3.8) is 0 Å². The molecular weight excluding hydrogens is 230 g/mol. The second-order valence-electron chi connectivity index (χ2n) is 5.93. The van der Waals surface area contributed by atoms with Crippen LogP contribution in [0.25, 0.3) is 0 Å². The first-order valence-electron chi connectivity index (χ1n) is 6.99. The molecule has 0 spiro atoms. The summed E-state index contributed by atoms with van der Waals surface area (Å²) >= 11 is 0. The number of hydrogen-bond acceptors (Lipinski definition) is 1. The minimum atomic E-state index is 0. The minimum Gasteiger partial charge on any atom is -0.378 e. The largest absolute Gasteiger partial charge is 0.378 e. The maximum atomic E-state index is 4.03. The van der Waals surface area contributed by atoms with Crippen molar-refractivity contribution in [1.29, 1.82) is 0 Å². The molecule has 1 fully saturated rings. The van der Waals surface area contributed by atoms with Crippen LogP contribution in [0.3, 0.4) is 0 Å². The average molecular weight is 259 g/mol. The molecule has 1 aliphatic rings. The van der Waals surface area contributed by atoms with Crippen LogP contribution in [-0.2, 0) is 0 Å². The maximum Gasteiger partial charge on any atom is 0.0202 e. The van der Waals surface area contributed by atoms with Gasteiger partial charge in [-0.3, -0.25) is 0 Å². The Morgan fingerprint density at radius 2 is 1.89 bits per heavy atom. The van der Waals surface area contributed by atoms with Gasteiger partial charge in [0.2, 0.25) is 0 Å². The van der Waals surface area contributed by atoms with Crippen molar-refractivity contribution in [3.05, 3.63) is 48.2 Å². The molecule has 1 saturated carbocycles. The Labute approximate surface area is 119 Å². The van der Waals surface area contributed by atoms with Gasteiger partial charge in [0.05, 0.1) is 0 Å². The number of allylic oxidation sites excluding steroid dienone is 1. The first-order valence-corrected chi connectivity index (χ1v) is 6.99. The molecule has 0 amide bonds.